The van der Waals surface area contributed by atoms with Gasteiger partial charge < -0.3 is 9.88 Å². The van der Waals surface area contributed by atoms with Gasteiger partial charge in [-0.25, -0.2) is 9.78 Å². The minimum Gasteiger partial charge on any atom is -0.352 e. The van der Waals surface area contributed by atoms with Crippen LogP contribution in [0.3, 0.4) is 0 Å². The maximum absolute atomic E-state index is 12.5. The third-order valence-corrected chi connectivity index (χ3v) is 5.44. The van der Waals surface area contributed by atoms with E-state index in [2.05, 4.69) is 15.4 Å². The first-order valence-electron chi connectivity index (χ1n) is 10.4. The number of aromatic nitrogens is 6. The maximum Gasteiger partial charge on any atom is 0.332 e. The molecule has 0 aliphatic carbocycles. The SMILES string of the molecule is Cn1c(=O)c2c(ncn2CCCC(=O)NCc2ccc(Cn3cccn3)cc2)n(C)c1=O. The van der Waals surface area contributed by atoms with Crippen LogP contribution in [0.1, 0.15) is 24.0 Å². The summed E-state index contributed by atoms with van der Waals surface area (Å²) in [6.45, 7) is 1.62. The van der Waals surface area contributed by atoms with Crippen molar-refractivity contribution in [3.05, 3.63) is 81.0 Å². The van der Waals surface area contributed by atoms with Crippen molar-refractivity contribution >= 4 is 17.1 Å². The molecule has 4 aromatic rings. The van der Waals surface area contributed by atoms with Gasteiger partial charge in [-0.2, -0.15) is 5.10 Å². The third kappa shape index (κ3) is 4.39. The zero-order valence-electron chi connectivity index (χ0n) is 18.1. The number of aryl methyl sites for hydroxylation is 2. The lowest BCUT2D eigenvalue weighted by molar-refractivity contribution is -0.121. The summed E-state index contributed by atoms with van der Waals surface area (Å²) in [5, 5.41) is 7.12. The molecule has 10 heteroatoms. The summed E-state index contributed by atoms with van der Waals surface area (Å²) in [6.07, 6.45) is 6.07. The Morgan fingerprint density at radius 3 is 2.53 bits per heavy atom. The molecule has 4 rings (SSSR count). The number of hydrogen-bond acceptors (Lipinski definition) is 5. The zero-order valence-corrected chi connectivity index (χ0v) is 18.1. The van der Waals surface area contributed by atoms with E-state index in [1.807, 2.05) is 41.2 Å². The van der Waals surface area contributed by atoms with Crippen LogP contribution in [0.2, 0.25) is 0 Å². The normalized spacial score (nSPS) is 11.2. The van der Waals surface area contributed by atoms with E-state index in [0.29, 0.717) is 43.6 Å². The van der Waals surface area contributed by atoms with Crippen LogP contribution < -0.4 is 16.6 Å². The molecule has 0 fully saturated rings. The monoisotopic (exact) mass is 435 g/mol. The molecule has 1 N–H and O–H groups in total. The maximum atomic E-state index is 12.5. The van der Waals surface area contributed by atoms with Gasteiger partial charge in [0.15, 0.2) is 11.2 Å². The van der Waals surface area contributed by atoms with Gasteiger partial charge in [0.05, 0.1) is 12.9 Å². The number of rotatable bonds is 8. The average molecular weight is 435 g/mol. The fraction of sp³-hybridized carbons (Fsp3) is 0.318. The highest BCUT2D eigenvalue weighted by Gasteiger charge is 2.14. The number of imidazole rings is 1. The first kappa shape index (κ1) is 21.3. The van der Waals surface area contributed by atoms with Gasteiger partial charge in [-0.1, -0.05) is 24.3 Å². The Hall–Kier alpha value is -3.95. The minimum absolute atomic E-state index is 0.0599. The molecule has 1 amide bonds. The second kappa shape index (κ2) is 9.04. The first-order valence-corrected chi connectivity index (χ1v) is 10.4. The van der Waals surface area contributed by atoms with Crippen LogP contribution in [0.5, 0.6) is 0 Å². The predicted octanol–water partition coefficient (Wildman–Crippen LogP) is 0.775. The Morgan fingerprint density at radius 1 is 1.06 bits per heavy atom. The summed E-state index contributed by atoms with van der Waals surface area (Å²) in [6, 6.07) is 9.94. The smallest absolute Gasteiger partial charge is 0.332 e. The van der Waals surface area contributed by atoms with Crippen LogP contribution in [-0.4, -0.2) is 34.4 Å². The van der Waals surface area contributed by atoms with Crippen LogP contribution in [0, 0.1) is 0 Å². The van der Waals surface area contributed by atoms with Crippen molar-refractivity contribution in [2.75, 3.05) is 0 Å². The van der Waals surface area contributed by atoms with Crippen LogP contribution in [0.15, 0.2) is 58.6 Å². The topological polar surface area (TPSA) is 109 Å². The fourth-order valence-electron chi connectivity index (χ4n) is 3.61. The van der Waals surface area contributed by atoms with Crippen molar-refractivity contribution in [3.8, 4) is 0 Å². The van der Waals surface area contributed by atoms with E-state index in [9.17, 15) is 14.4 Å². The second-order valence-electron chi connectivity index (χ2n) is 7.72. The molecule has 0 spiro atoms. The Balaban J connectivity index is 1.29. The molecule has 0 unspecified atom stereocenters. The Kier molecular flexibility index (Phi) is 6.02. The molecule has 166 valence electrons. The van der Waals surface area contributed by atoms with Gasteiger partial charge in [-0.15, -0.1) is 0 Å². The molecular formula is C22H25N7O3. The molecule has 0 bridgehead atoms. The molecule has 32 heavy (non-hydrogen) atoms. The molecule has 1 aromatic carbocycles. The van der Waals surface area contributed by atoms with E-state index < -0.39 is 5.69 Å². The van der Waals surface area contributed by atoms with Gasteiger partial charge in [0.1, 0.15) is 0 Å². The van der Waals surface area contributed by atoms with Gasteiger partial charge >= 0.3 is 5.69 Å². The van der Waals surface area contributed by atoms with E-state index >= 15 is 0 Å². The number of fused-ring (bicyclic) bond motifs is 1. The highest BCUT2D eigenvalue weighted by Crippen LogP contribution is 2.08. The molecule has 3 heterocycles. The lowest BCUT2D eigenvalue weighted by Gasteiger charge is -2.08. The minimum atomic E-state index is -0.415. The van der Waals surface area contributed by atoms with Gasteiger partial charge in [-0.05, 0) is 23.6 Å². The van der Waals surface area contributed by atoms with Gasteiger partial charge in [0.2, 0.25) is 5.91 Å². The van der Waals surface area contributed by atoms with Gasteiger partial charge in [-0.3, -0.25) is 23.4 Å². The van der Waals surface area contributed by atoms with E-state index in [-0.39, 0.29) is 11.5 Å². The number of carbonyl (C=O) groups excluding carboxylic acids is 1. The number of amides is 1. The largest absolute Gasteiger partial charge is 0.352 e. The van der Waals surface area contributed by atoms with Crippen molar-refractivity contribution in [1.82, 2.24) is 33.8 Å². The highest BCUT2D eigenvalue weighted by atomic mass is 16.2. The molecule has 0 atom stereocenters. The van der Waals surface area contributed by atoms with Crippen molar-refractivity contribution in [2.24, 2.45) is 14.1 Å². The van der Waals surface area contributed by atoms with Crippen molar-refractivity contribution < 1.29 is 4.79 Å². The van der Waals surface area contributed by atoms with Crippen molar-refractivity contribution in [3.63, 3.8) is 0 Å². The number of carbonyl (C=O) groups is 1. The predicted molar refractivity (Wildman–Crippen MR) is 119 cm³/mol. The summed E-state index contributed by atoms with van der Waals surface area (Å²) < 4.78 is 5.96. The van der Waals surface area contributed by atoms with Crippen molar-refractivity contribution in [2.45, 2.75) is 32.5 Å². The molecule has 0 aliphatic rings. The number of nitrogens with one attached hydrogen (secondary N) is 1. The summed E-state index contributed by atoms with van der Waals surface area (Å²) in [4.78, 5) is 40.9. The van der Waals surface area contributed by atoms with Crippen LogP contribution in [0.4, 0.5) is 0 Å². The number of hydrogen-bond donors (Lipinski definition) is 1. The number of nitrogens with zero attached hydrogens (tertiary/aromatic N) is 6. The lowest BCUT2D eigenvalue weighted by Crippen LogP contribution is -2.37. The standard InChI is InChI=1S/C22H25N7O3/c1-26-20-19(21(31)27(2)22(26)32)28(15-24-20)11-3-5-18(30)23-13-16-6-8-17(9-7-16)14-29-12-4-10-25-29/h4,6-10,12,15H,3,5,11,13-14H2,1-2H3,(H,23,30). The highest BCUT2D eigenvalue weighted by molar-refractivity contribution is 5.75. The lowest BCUT2D eigenvalue weighted by atomic mass is 10.1. The van der Waals surface area contributed by atoms with Crippen molar-refractivity contribution in [1.29, 1.82) is 0 Å². The van der Waals surface area contributed by atoms with E-state index in [1.165, 1.54) is 17.9 Å². The molecular weight excluding hydrogens is 410 g/mol. The molecule has 3 aromatic heterocycles. The summed E-state index contributed by atoms with van der Waals surface area (Å²) >= 11 is 0. The second-order valence-corrected chi connectivity index (χ2v) is 7.72. The Labute approximate surface area is 183 Å². The molecule has 0 aliphatic heterocycles. The van der Waals surface area contributed by atoms with E-state index in [4.69, 9.17) is 0 Å². The van der Waals surface area contributed by atoms with Crippen LogP contribution in [0.25, 0.3) is 11.2 Å². The molecule has 0 radical (unpaired) electrons. The van der Waals surface area contributed by atoms with Crippen LogP contribution >= 0.6 is 0 Å². The van der Waals surface area contributed by atoms with E-state index in [0.717, 1.165) is 15.7 Å². The fourth-order valence-corrected chi connectivity index (χ4v) is 3.61. The molecule has 0 saturated heterocycles. The van der Waals surface area contributed by atoms with Gasteiger partial charge in [0.25, 0.3) is 5.56 Å². The van der Waals surface area contributed by atoms with Gasteiger partial charge in [0, 0.05) is 46.0 Å². The quantitative estimate of drug-likeness (QED) is 0.440. The first-order chi connectivity index (χ1) is 15.4. The molecule has 0 saturated carbocycles. The summed E-state index contributed by atoms with van der Waals surface area (Å²) in [5.41, 5.74) is 2.07. The number of benzene rings is 1. The van der Waals surface area contributed by atoms with E-state index in [1.54, 1.807) is 17.8 Å². The molecule has 10 nitrogen and oxygen atoms in total. The Morgan fingerprint density at radius 2 is 1.81 bits per heavy atom. The third-order valence-electron chi connectivity index (χ3n) is 5.44. The zero-order chi connectivity index (χ0) is 22.7. The average Bonchev–Trinajstić information content (AvgIpc) is 3.46. The summed E-state index contributed by atoms with van der Waals surface area (Å²) in [5.74, 6) is -0.0599. The van der Waals surface area contributed by atoms with Crippen LogP contribution in [-0.2, 0) is 38.5 Å². The summed E-state index contributed by atoms with van der Waals surface area (Å²) in [7, 11) is 3.03. The Bertz CT molecular complexity index is 1350.